The first kappa shape index (κ1) is 25.0. The van der Waals surface area contributed by atoms with Crippen molar-refractivity contribution < 1.29 is 37.3 Å². The second-order valence-corrected chi connectivity index (χ2v) is 9.72. The number of carboxylic acids is 1. The first-order valence-electron chi connectivity index (χ1n) is 9.39. The Morgan fingerprint density at radius 1 is 1.41 bits per heavy atom. The van der Waals surface area contributed by atoms with Crippen LogP contribution in [0.3, 0.4) is 0 Å². The summed E-state index contributed by atoms with van der Waals surface area (Å²) in [7, 11) is -4.93. The van der Waals surface area contributed by atoms with E-state index in [4.69, 9.17) is 10.6 Å². The lowest BCUT2D eigenvalue weighted by Crippen LogP contribution is -2.73. The minimum absolute atomic E-state index is 0.0664. The van der Waals surface area contributed by atoms with Crippen LogP contribution in [0.2, 0.25) is 0 Å². The smallest absolute Gasteiger partial charge is 0.362 e. The normalized spacial score (nSPS) is 19.0. The number of nitrogens with zero attached hydrogens (tertiary/aromatic N) is 6. The number of nitrogen functional groups attached to an aromatic ring is 1. The highest BCUT2D eigenvalue weighted by molar-refractivity contribution is 7.84. The summed E-state index contributed by atoms with van der Waals surface area (Å²) in [5, 5.41) is 20.5. The first-order chi connectivity index (χ1) is 15.7. The Bertz CT molecular complexity index is 1270. The zero-order valence-electron chi connectivity index (χ0n) is 17.9. The van der Waals surface area contributed by atoms with Crippen molar-refractivity contribution in [3.05, 3.63) is 23.2 Å². The fourth-order valence-electron chi connectivity index (χ4n) is 2.83. The van der Waals surface area contributed by atoms with E-state index in [0.29, 0.717) is 5.82 Å². The monoisotopic (exact) mass is 516 g/mol. The summed E-state index contributed by atoms with van der Waals surface area (Å²) >= 11 is 0.966. The van der Waals surface area contributed by atoms with E-state index >= 15 is 0 Å². The quantitative estimate of drug-likeness (QED) is 0.128. The van der Waals surface area contributed by atoms with Gasteiger partial charge >= 0.3 is 16.3 Å². The van der Waals surface area contributed by atoms with E-state index in [2.05, 4.69) is 25.5 Å². The zero-order chi connectivity index (χ0) is 25.4. The molecule has 0 aliphatic carbocycles. The highest BCUT2D eigenvalue weighted by Crippen LogP contribution is 2.25. The van der Waals surface area contributed by atoms with Crippen LogP contribution in [0.15, 0.2) is 16.9 Å². The lowest BCUT2D eigenvalue weighted by atomic mass is 9.98. The SMILES string of the molecule is Cc1ncnn1CC1C(NC(=O)C(=NOC(C)(C)C(=O)O)c2csc(N)n2)C(=O)N1S(=O)(=O)O. The van der Waals surface area contributed by atoms with Crippen molar-refractivity contribution in [3.8, 4) is 0 Å². The van der Waals surface area contributed by atoms with Gasteiger partial charge in [-0.15, -0.1) is 11.3 Å². The molecule has 0 aromatic carbocycles. The van der Waals surface area contributed by atoms with Gasteiger partial charge in [-0.3, -0.25) is 14.1 Å². The molecule has 1 aliphatic heterocycles. The van der Waals surface area contributed by atoms with Gasteiger partial charge in [-0.2, -0.15) is 13.5 Å². The number of carbonyl (C=O) groups is 3. The third-order valence-corrected chi connectivity index (χ3v) is 6.36. The number of aliphatic carboxylic acids is 1. The predicted molar refractivity (Wildman–Crippen MR) is 115 cm³/mol. The number of rotatable bonds is 9. The first-order valence-corrected chi connectivity index (χ1v) is 11.7. The lowest BCUT2D eigenvalue weighted by molar-refractivity contribution is -0.161. The number of carboxylic acid groups (broad SMARTS) is 1. The van der Waals surface area contributed by atoms with Gasteiger partial charge in [0.1, 0.15) is 23.9 Å². The van der Waals surface area contributed by atoms with Crippen molar-refractivity contribution in [2.24, 2.45) is 5.16 Å². The van der Waals surface area contributed by atoms with Crippen LogP contribution in [0.5, 0.6) is 0 Å². The molecule has 2 aromatic rings. The van der Waals surface area contributed by atoms with Gasteiger partial charge in [0.2, 0.25) is 5.60 Å². The third-order valence-electron chi connectivity index (χ3n) is 4.73. The average molecular weight is 517 g/mol. The van der Waals surface area contributed by atoms with Crippen LogP contribution in [0, 0.1) is 6.92 Å². The molecule has 1 aliphatic rings. The minimum Gasteiger partial charge on any atom is -0.478 e. The predicted octanol–water partition coefficient (Wildman–Crippen LogP) is -1.59. The third kappa shape index (κ3) is 4.97. The van der Waals surface area contributed by atoms with Gasteiger partial charge in [0, 0.05) is 5.38 Å². The van der Waals surface area contributed by atoms with E-state index in [1.807, 2.05) is 0 Å². The molecule has 0 spiro atoms. The van der Waals surface area contributed by atoms with E-state index in [-0.39, 0.29) is 21.7 Å². The van der Waals surface area contributed by atoms with Gasteiger partial charge in [-0.1, -0.05) is 5.16 Å². The Hall–Kier alpha value is -3.64. The van der Waals surface area contributed by atoms with Crippen LogP contribution in [0.1, 0.15) is 25.4 Å². The summed E-state index contributed by atoms with van der Waals surface area (Å²) in [6.07, 6.45) is 1.21. The van der Waals surface area contributed by atoms with Crippen LogP contribution in [-0.4, -0.2) is 83.3 Å². The highest BCUT2D eigenvalue weighted by Gasteiger charge is 2.54. The van der Waals surface area contributed by atoms with E-state index in [0.717, 1.165) is 11.3 Å². The van der Waals surface area contributed by atoms with E-state index in [1.165, 1.54) is 30.2 Å². The highest BCUT2D eigenvalue weighted by atomic mass is 32.2. The van der Waals surface area contributed by atoms with Gasteiger partial charge in [-0.05, 0) is 20.8 Å². The van der Waals surface area contributed by atoms with Gasteiger partial charge in [-0.25, -0.2) is 23.7 Å². The molecule has 2 amide bonds. The van der Waals surface area contributed by atoms with Crippen molar-refractivity contribution in [3.63, 3.8) is 0 Å². The maximum Gasteiger partial charge on any atom is 0.362 e. The molecule has 3 rings (SSSR count). The van der Waals surface area contributed by atoms with Crippen molar-refractivity contribution in [2.45, 2.75) is 45.0 Å². The zero-order valence-corrected chi connectivity index (χ0v) is 19.6. The molecule has 2 atom stereocenters. The van der Waals surface area contributed by atoms with Crippen molar-refractivity contribution in [1.29, 1.82) is 0 Å². The van der Waals surface area contributed by atoms with Crippen molar-refractivity contribution in [1.82, 2.24) is 29.4 Å². The number of amides is 2. The average Bonchev–Trinajstić information content (AvgIpc) is 3.32. The van der Waals surface area contributed by atoms with E-state index in [9.17, 15) is 32.5 Å². The molecule has 184 valence electrons. The Balaban J connectivity index is 1.90. The van der Waals surface area contributed by atoms with Crippen LogP contribution in [0.4, 0.5) is 5.13 Å². The molecule has 1 fully saturated rings. The van der Waals surface area contributed by atoms with Gasteiger partial charge in [0.15, 0.2) is 10.8 Å². The standard InChI is InChI=1S/C16H20N8O8S2/c1-7-18-6-19-23(7)4-9-11(13(26)24(9)34(29,30)31)21-12(25)10(8-5-33-15(17)20-8)22-32-16(2,3)14(27)28/h5-6,9,11H,4H2,1-3H3,(H2,17,20)(H,21,25)(H,27,28)(H,29,30,31). The Morgan fingerprint density at radius 2 is 2.09 bits per heavy atom. The molecule has 2 aromatic heterocycles. The maximum atomic E-state index is 13.0. The van der Waals surface area contributed by atoms with Gasteiger partial charge in [0.25, 0.3) is 11.8 Å². The molecule has 2 unspecified atom stereocenters. The van der Waals surface area contributed by atoms with Crippen LogP contribution >= 0.6 is 11.3 Å². The summed E-state index contributed by atoms with van der Waals surface area (Å²) in [4.78, 5) is 49.6. The number of nitrogens with two attached hydrogens (primary N) is 1. The summed E-state index contributed by atoms with van der Waals surface area (Å²) in [5.74, 6) is -3.11. The number of aryl methyl sites for hydroxylation is 1. The summed E-state index contributed by atoms with van der Waals surface area (Å²) < 4.78 is 34.3. The van der Waals surface area contributed by atoms with Gasteiger partial charge < -0.3 is 21.0 Å². The Morgan fingerprint density at radius 3 is 2.59 bits per heavy atom. The Kier molecular flexibility index (Phi) is 6.58. The molecule has 0 bridgehead atoms. The number of oxime groups is 1. The fraction of sp³-hybridized carbons (Fsp3) is 0.438. The number of hydrogen-bond acceptors (Lipinski definition) is 12. The number of anilines is 1. The summed E-state index contributed by atoms with van der Waals surface area (Å²) in [6, 6.07) is -2.66. The number of β-lactam (4-membered cyclic amide) rings is 1. The topological polar surface area (TPSA) is 232 Å². The summed E-state index contributed by atoms with van der Waals surface area (Å²) in [6.45, 7) is 3.75. The Labute approximate surface area is 196 Å². The van der Waals surface area contributed by atoms with Crippen molar-refractivity contribution >= 4 is 50.3 Å². The maximum absolute atomic E-state index is 13.0. The minimum atomic E-state index is -4.93. The number of nitrogens with one attached hydrogen (secondary N) is 1. The molecule has 16 nitrogen and oxygen atoms in total. The number of carbonyl (C=O) groups excluding carboxylic acids is 2. The van der Waals surface area contributed by atoms with Crippen molar-refractivity contribution in [2.75, 3.05) is 5.73 Å². The molecular weight excluding hydrogens is 496 g/mol. The number of hydrogen-bond donors (Lipinski definition) is 4. The second kappa shape index (κ2) is 8.95. The molecular formula is C16H20N8O8S2. The molecule has 0 saturated carbocycles. The van der Waals surface area contributed by atoms with Crippen LogP contribution in [-0.2, 0) is 36.1 Å². The molecule has 3 heterocycles. The molecule has 18 heteroatoms. The van der Waals surface area contributed by atoms with E-state index in [1.54, 1.807) is 6.92 Å². The summed E-state index contributed by atoms with van der Waals surface area (Å²) in [5.41, 5.74) is 3.22. The lowest BCUT2D eigenvalue weighted by Gasteiger charge is -2.44. The van der Waals surface area contributed by atoms with Gasteiger partial charge in [0.05, 0.1) is 12.6 Å². The molecule has 5 N–H and O–H groups in total. The molecule has 0 radical (unpaired) electrons. The largest absolute Gasteiger partial charge is 0.478 e. The van der Waals surface area contributed by atoms with E-state index < -0.39 is 51.5 Å². The number of aromatic nitrogens is 4. The van der Waals surface area contributed by atoms with Crippen LogP contribution in [0.25, 0.3) is 0 Å². The molecule has 34 heavy (non-hydrogen) atoms. The second-order valence-electron chi connectivity index (χ2n) is 7.54. The molecule has 1 saturated heterocycles. The van der Waals surface area contributed by atoms with Crippen LogP contribution < -0.4 is 11.1 Å². The fourth-order valence-corrected chi connectivity index (χ4v) is 4.25. The number of thiazole rings is 1.